The second-order valence-corrected chi connectivity index (χ2v) is 6.38. The SMILES string of the molecule is CC(C)(C(=O)Cc1ccc(Cl)cc1F)N1CCCCC1. The first-order valence-corrected chi connectivity index (χ1v) is 7.51. The third kappa shape index (κ3) is 3.39. The van der Waals surface area contributed by atoms with Crippen molar-refractivity contribution in [2.24, 2.45) is 0 Å². The molecule has 1 aliphatic heterocycles. The van der Waals surface area contributed by atoms with Gasteiger partial charge in [0.15, 0.2) is 5.78 Å². The predicted octanol–water partition coefficient (Wildman–Crippen LogP) is 3.86. The van der Waals surface area contributed by atoms with Gasteiger partial charge in [-0.3, -0.25) is 9.69 Å². The molecule has 1 saturated heterocycles. The molecule has 20 heavy (non-hydrogen) atoms. The zero-order valence-corrected chi connectivity index (χ0v) is 12.8. The van der Waals surface area contributed by atoms with Gasteiger partial charge in [-0.1, -0.05) is 24.1 Å². The van der Waals surface area contributed by atoms with Crippen LogP contribution < -0.4 is 0 Å². The van der Waals surface area contributed by atoms with Crippen molar-refractivity contribution in [1.82, 2.24) is 4.90 Å². The number of likely N-dealkylation sites (tertiary alicyclic amines) is 1. The van der Waals surface area contributed by atoms with Crippen molar-refractivity contribution in [2.45, 2.75) is 45.1 Å². The van der Waals surface area contributed by atoms with Gasteiger partial charge in [0, 0.05) is 11.4 Å². The Kier molecular flexibility index (Phi) is 4.82. The molecule has 0 atom stereocenters. The molecule has 1 heterocycles. The summed E-state index contributed by atoms with van der Waals surface area (Å²) in [4.78, 5) is 14.7. The van der Waals surface area contributed by atoms with Gasteiger partial charge in [0.25, 0.3) is 0 Å². The molecule has 2 nitrogen and oxygen atoms in total. The van der Waals surface area contributed by atoms with Gasteiger partial charge in [-0.2, -0.15) is 0 Å². The second kappa shape index (κ2) is 6.23. The van der Waals surface area contributed by atoms with E-state index in [-0.39, 0.29) is 12.2 Å². The summed E-state index contributed by atoms with van der Waals surface area (Å²) in [6.45, 7) is 5.77. The van der Waals surface area contributed by atoms with E-state index in [0.29, 0.717) is 10.6 Å². The summed E-state index contributed by atoms with van der Waals surface area (Å²) in [7, 11) is 0. The minimum absolute atomic E-state index is 0.0561. The molecule has 2 rings (SSSR count). The van der Waals surface area contributed by atoms with Crippen molar-refractivity contribution in [3.05, 3.63) is 34.6 Å². The number of Topliss-reactive ketones (excluding diaryl/α,β-unsaturated/α-hetero) is 1. The van der Waals surface area contributed by atoms with E-state index in [4.69, 9.17) is 11.6 Å². The van der Waals surface area contributed by atoms with Crippen LogP contribution in [0.25, 0.3) is 0 Å². The Hall–Kier alpha value is -0.930. The van der Waals surface area contributed by atoms with Gasteiger partial charge in [0.05, 0.1) is 5.54 Å². The van der Waals surface area contributed by atoms with E-state index < -0.39 is 11.4 Å². The molecule has 0 unspecified atom stereocenters. The van der Waals surface area contributed by atoms with Gasteiger partial charge in [-0.05, 0) is 57.5 Å². The highest BCUT2D eigenvalue weighted by atomic mass is 35.5. The van der Waals surface area contributed by atoms with E-state index in [1.165, 1.54) is 12.5 Å². The number of piperidine rings is 1. The maximum Gasteiger partial charge on any atom is 0.156 e. The highest BCUT2D eigenvalue weighted by molar-refractivity contribution is 6.30. The zero-order valence-electron chi connectivity index (χ0n) is 12.1. The number of hydrogen-bond acceptors (Lipinski definition) is 2. The summed E-state index contributed by atoms with van der Waals surface area (Å²) >= 11 is 5.73. The summed E-state index contributed by atoms with van der Waals surface area (Å²) in [6, 6.07) is 4.49. The third-order valence-electron chi connectivity index (χ3n) is 4.20. The lowest BCUT2D eigenvalue weighted by Gasteiger charge is -2.39. The van der Waals surface area contributed by atoms with Crippen LogP contribution in [0.15, 0.2) is 18.2 Å². The summed E-state index contributed by atoms with van der Waals surface area (Å²) in [5, 5.41) is 0.356. The number of benzene rings is 1. The van der Waals surface area contributed by atoms with Crippen LogP contribution in [0.4, 0.5) is 4.39 Å². The summed E-state index contributed by atoms with van der Waals surface area (Å²) < 4.78 is 13.8. The molecule has 1 fully saturated rings. The van der Waals surface area contributed by atoms with Crippen LogP contribution in [-0.4, -0.2) is 29.3 Å². The van der Waals surface area contributed by atoms with Crippen LogP contribution in [-0.2, 0) is 11.2 Å². The zero-order chi connectivity index (χ0) is 14.8. The molecule has 110 valence electrons. The Morgan fingerprint density at radius 3 is 2.55 bits per heavy atom. The van der Waals surface area contributed by atoms with Crippen LogP contribution >= 0.6 is 11.6 Å². The lowest BCUT2D eigenvalue weighted by atomic mass is 9.90. The van der Waals surface area contributed by atoms with Crippen LogP contribution in [0.1, 0.15) is 38.7 Å². The standard InChI is InChI=1S/C16H21ClFNO/c1-16(2,19-8-4-3-5-9-19)15(20)10-12-6-7-13(17)11-14(12)18/h6-7,11H,3-5,8-10H2,1-2H3. The molecule has 1 aliphatic rings. The Labute approximate surface area is 124 Å². The number of carbonyl (C=O) groups excluding carboxylic acids is 1. The van der Waals surface area contributed by atoms with E-state index in [1.54, 1.807) is 12.1 Å². The van der Waals surface area contributed by atoms with Crippen LogP contribution in [0, 0.1) is 5.82 Å². The topological polar surface area (TPSA) is 20.3 Å². The molecule has 0 N–H and O–H groups in total. The first-order chi connectivity index (χ1) is 9.41. The maximum absolute atomic E-state index is 13.8. The average molecular weight is 298 g/mol. The quantitative estimate of drug-likeness (QED) is 0.841. The largest absolute Gasteiger partial charge is 0.297 e. The first kappa shape index (κ1) is 15.5. The van der Waals surface area contributed by atoms with Crippen molar-refractivity contribution in [1.29, 1.82) is 0 Å². The third-order valence-corrected chi connectivity index (χ3v) is 4.43. The molecule has 1 aromatic rings. The smallest absolute Gasteiger partial charge is 0.156 e. The molecule has 4 heteroatoms. The molecule has 0 aliphatic carbocycles. The predicted molar refractivity (Wildman–Crippen MR) is 79.6 cm³/mol. The number of ketones is 1. The minimum atomic E-state index is -0.535. The Morgan fingerprint density at radius 1 is 1.30 bits per heavy atom. The molecular formula is C16H21ClFNO. The van der Waals surface area contributed by atoms with Gasteiger partial charge in [-0.15, -0.1) is 0 Å². The van der Waals surface area contributed by atoms with Crippen LogP contribution in [0.3, 0.4) is 0 Å². The van der Waals surface area contributed by atoms with Gasteiger partial charge >= 0.3 is 0 Å². The van der Waals surface area contributed by atoms with Gasteiger partial charge < -0.3 is 0 Å². The fourth-order valence-corrected chi connectivity index (χ4v) is 2.84. The summed E-state index contributed by atoms with van der Waals surface area (Å²) in [6.07, 6.45) is 3.61. The molecular weight excluding hydrogens is 277 g/mol. The van der Waals surface area contributed by atoms with E-state index in [2.05, 4.69) is 4.90 Å². The number of nitrogens with zero attached hydrogens (tertiary/aromatic N) is 1. The summed E-state index contributed by atoms with van der Waals surface area (Å²) in [5.74, 6) is -0.346. The molecule has 0 amide bonds. The molecule has 0 bridgehead atoms. The van der Waals surface area contributed by atoms with Crippen LogP contribution in [0.2, 0.25) is 5.02 Å². The Bertz CT molecular complexity index is 495. The van der Waals surface area contributed by atoms with E-state index in [9.17, 15) is 9.18 Å². The normalized spacial score (nSPS) is 17.2. The maximum atomic E-state index is 13.8. The van der Waals surface area contributed by atoms with Crippen molar-refractivity contribution in [3.63, 3.8) is 0 Å². The average Bonchev–Trinajstić information content (AvgIpc) is 2.42. The first-order valence-electron chi connectivity index (χ1n) is 7.13. The van der Waals surface area contributed by atoms with Crippen molar-refractivity contribution in [2.75, 3.05) is 13.1 Å². The van der Waals surface area contributed by atoms with Crippen molar-refractivity contribution >= 4 is 17.4 Å². The second-order valence-electron chi connectivity index (χ2n) is 5.94. The Morgan fingerprint density at radius 2 is 1.95 bits per heavy atom. The number of carbonyl (C=O) groups is 1. The number of hydrogen-bond donors (Lipinski definition) is 0. The molecule has 0 aromatic heterocycles. The number of halogens is 2. The highest BCUT2D eigenvalue weighted by Gasteiger charge is 2.34. The fourth-order valence-electron chi connectivity index (χ4n) is 2.68. The monoisotopic (exact) mass is 297 g/mol. The van der Waals surface area contributed by atoms with Crippen molar-refractivity contribution in [3.8, 4) is 0 Å². The molecule has 0 saturated carbocycles. The minimum Gasteiger partial charge on any atom is -0.297 e. The van der Waals surface area contributed by atoms with E-state index >= 15 is 0 Å². The fraction of sp³-hybridized carbons (Fsp3) is 0.562. The Balaban J connectivity index is 2.09. The van der Waals surface area contributed by atoms with Crippen LogP contribution in [0.5, 0.6) is 0 Å². The number of rotatable bonds is 4. The lowest BCUT2D eigenvalue weighted by Crippen LogP contribution is -2.52. The lowest BCUT2D eigenvalue weighted by molar-refractivity contribution is -0.129. The van der Waals surface area contributed by atoms with Gasteiger partial charge in [-0.25, -0.2) is 4.39 Å². The molecule has 0 radical (unpaired) electrons. The van der Waals surface area contributed by atoms with Crippen molar-refractivity contribution < 1.29 is 9.18 Å². The molecule has 1 aromatic carbocycles. The summed E-state index contributed by atoms with van der Waals surface area (Å²) in [5.41, 5.74) is -0.114. The molecule has 0 spiro atoms. The van der Waals surface area contributed by atoms with Gasteiger partial charge in [0.2, 0.25) is 0 Å². The van der Waals surface area contributed by atoms with E-state index in [0.717, 1.165) is 25.9 Å². The van der Waals surface area contributed by atoms with Gasteiger partial charge in [0.1, 0.15) is 5.82 Å². The van der Waals surface area contributed by atoms with E-state index in [1.807, 2.05) is 13.8 Å². The highest BCUT2D eigenvalue weighted by Crippen LogP contribution is 2.24.